The van der Waals surface area contributed by atoms with E-state index in [4.69, 9.17) is 4.74 Å². The first-order valence-electron chi connectivity index (χ1n) is 8.25. The number of rotatable bonds is 4. The summed E-state index contributed by atoms with van der Waals surface area (Å²) in [5.41, 5.74) is 0.685. The van der Waals surface area contributed by atoms with E-state index in [1.54, 1.807) is 0 Å². The largest absolute Gasteiger partial charge is 0.471 e. The molecule has 132 valence electrons. The molecule has 1 aliphatic rings. The minimum atomic E-state index is -0.0654. The molecule has 1 unspecified atom stereocenters. The first-order valence-corrected chi connectivity index (χ1v) is 9.05. The topological polar surface area (TPSA) is 58.6 Å². The fourth-order valence-electron chi connectivity index (χ4n) is 2.81. The van der Waals surface area contributed by atoms with E-state index in [2.05, 4.69) is 26.1 Å². The van der Waals surface area contributed by atoms with Crippen molar-refractivity contribution in [2.24, 2.45) is 0 Å². The summed E-state index contributed by atoms with van der Waals surface area (Å²) in [6.45, 7) is 1.30. The maximum Gasteiger partial charge on any atom is 0.254 e. The minimum absolute atomic E-state index is 0.0311. The Bertz CT molecular complexity index is 736. The highest BCUT2D eigenvalue weighted by Gasteiger charge is 2.26. The number of carbonyl (C=O) groups is 1. The molecule has 1 aromatic carbocycles. The first-order chi connectivity index (χ1) is 12.0. The van der Waals surface area contributed by atoms with Gasteiger partial charge in [-0.05, 0) is 37.1 Å². The zero-order chi connectivity index (χ0) is 17.8. The van der Waals surface area contributed by atoms with Crippen molar-refractivity contribution in [1.82, 2.24) is 15.1 Å². The summed E-state index contributed by atoms with van der Waals surface area (Å²) in [5, 5.41) is 8.23. The summed E-state index contributed by atoms with van der Waals surface area (Å²) >= 11 is 3.41. The summed E-state index contributed by atoms with van der Waals surface area (Å²) in [6, 6.07) is 11.2. The molecule has 1 fully saturated rings. The normalized spacial score (nSPS) is 17.2. The monoisotopic (exact) mass is 404 g/mol. The molecule has 0 bridgehead atoms. The van der Waals surface area contributed by atoms with Crippen molar-refractivity contribution in [3.05, 3.63) is 46.4 Å². The number of benzene rings is 1. The van der Waals surface area contributed by atoms with Gasteiger partial charge in [-0.2, -0.15) is 0 Å². The van der Waals surface area contributed by atoms with Gasteiger partial charge in [0.15, 0.2) is 5.82 Å². The van der Waals surface area contributed by atoms with Crippen LogP contribution in [-0.4, -0.2) is 54.3 Å². The van der Waals surface area contributed by atoms with Crippen LogP contribution in [-0.2, 0) is 0 Å². The number of amides is 1. The van der Waals surface area contributed by atoms with Crippen LogP contribution in [0.4, 0.5) is 5.82 Å². The van der Waals surface area contributed by atoms with Crippen molar-refractivity contribution >= 4 is 27.7 Å². The SMILES string of the molecule is CN(C)c1ccc(OC2CCCN(C(=O)c3cccc(Br)c3)C2)nn1. The highest BCUT2D eigenvalue weighted by molar-refractivity contribution is 9.10. The number of aromatic nitrogens is 2. The number of halogens is 1. The number of hydrogen-bond acceptors (Lipinski definition) is 5. The van der Waals surface area contributed by atoms with Crippen molar-refractivity contribution in [2.45, 2.75) is 18.9 Å². The molecule has 25 heavy (non-hydrogen) atoms. The molecule has 1 atom stereocenters. The van der Waals surface area contributed by atoms with E-state index in [0.717, 1.165) is 29.7 Å². The lowest BCUT2D eigenvalue weighted by Crippen LogP contribution is -2.44. The highest BCUT2D eigenvalue weighted by atomic mass is 79.9. The van der Waals surface area contributed by atoms with Gasteiger partial charge in [-0.15, -0.1) is 10.2 Å². The molecule has 1 aliphatic heterocycles. The van der Waals surface area contributed by atoms with Crippen LogP contribution in [0, 0.1) is 0 Å². The summed E-state index contributed by atoms with van der Waals surface area (Å²) in [7, 11) is 3.83. The van der Waals surface area contributed by atoms with Gasteiger partial charge in [0.25, 0.3) is 5.91 Å². The van der Waals surface area contributed by atoms with Crippen LogP contribution in [0.3, 0.4) is 0 Å². The maximum atomic E-state index is 12.7. The fraction of sp³-hybridized carbons (Fsp3) is 0.389. The number of anilines is 1. The van der Waals surface area contributed by atoms with Gasteiger partial charge in [-0.1, -0.05) is 22.0 Å². The molecule has 0 radical (unpaired) electrons. The van der Waals surface area contributed by atoms with Crippen molar-refractivity contribution in [2.75, 3.05) is 32.1 Å². The summed E-state index contributed by atoms with van der Waals surface area (Å²) in [4.78, 5) is 16.4. The lowest BCUT2D eigenvalue weighted by atomic mass is 10.1. The van der Waals surface area contributed by atoms with Crippen molar-refractivity contribution < 1.29 is 9.53 Å². The number of ether oxygens (including phenoxy) is 1. The smallest absolute Gasteiger partial charge is 0.254 e. The highest BCUT2D eigenvalue weighted by Crippen LogP contribution is 2.20. The van der Waals surface area contributed by atoms with E-state index in [1.165, 1.54) is 0 Å². The maximum absolute atomic E-state index is 12.7. The van der Waals surface area contributed by atoms with Crippen LogP contribution >= 0.6 is 15.9 Å². The lowest BCUT2D eigenvalue weighted by Gasteiger charge is -2.32. The predicted molar refractivity (Wildman–Crippen MR) is 100 cm³/mol. The van der Waals surface area contributed by atoms with Crippen LogP contribution < -0.4 is 9.64 Å². The summed E-state index contributed by atoms with van der Waals surface area (Å²) in [5.74, 6) is 1.30. The second-order valence-corrected chi connectivity index (χ2v) is 7.18. The zero-order valence-corrected chi connectivity index (χ0v) is 15.9. The van der Waals surface area contributed by atoms with Gasteiger partial charge in [0.05, 0.1) is 6.54 Å². The van der Waals surface area contributed by atoms with E-state index in [-0.39, 0.29) is 12.0 Å². The fourth-order valence-corrected chi connectivity index (χ4v) is 3.21. The average molecular weight is 405 g/mol. The molecule has 0 saturated carbocycles. The lowest BCUT2D eigenvalue weighted by molar-refractivity contribution is 0.0525. The molecule has 0 N–H and O–H groups in total. The second-order valence-electron chi connectivity index (χ2n) is 6.27. The van der Waals surface area contributed by atoms with Crippen molar-refractivity contribution in [3.63, 3.8) is 0 Å². The third-order valence-corrected chi connectivity index (χ3v) is 4.60. The predicted octanol–water partition coefficient (Wildman–Crippen LogP) is 2.99. The summed E-state index contributed by atoms with van der Waals surface area (Å²) in [6.07, 6.45) is 1.75. The molecule has 2 aromatic rings. The Labute approximate surface area is 155 Å². The average Bonchev–Trinajstić information content (AvgIpc) is 2.62. The molecule has 0 spiro atoms. The molecule has 1 saturated heterocycles. The van der Waals surface area contributed by atoms with E-state index in [0.29, 0.717) is 18.0 Å². The van der Waals surface area contributed by atoms with Gasteiger partial charge in [-0.25, -0.2) is 0 Å². The van der Waals surface area contributed by atoms with Gasteiger partial charge in [0.1, 0.15) is 6.10 Å². The molecular weight excluding hydrogens is 384 g/mol. The molecular formula is C18H21BrN4O2. The molecule has 6 nitrogen and oxygen atoms in total. The Morgan fingerprint density at radius 3 is 2.80 bits per heavy atom. The molecule has 2 heterocycles. The van der Waals surface area contributed by atoms with Gasteiger partial charge in [0.2, 0.25) is 5.88 Å². The standard InChI is InChI=1S/C18H21BrN4O2/c1-22(2)16-8-9-17(21-20-16)25-15-7-4-10-23(12-15)18(24)13-5-3-6-14(19)11-13/h3,5-6,8-9,11,15H,4,7,10,12H2,1-2H3. The molecule has 7 heteroatoms. The Hall–Kier alpha value is -2.15. The number of piperidine rings is 1. The Morgan fingerprint density at radius 2 is 2.12 bits per heavy atom. The van der Waals surface area contributed by atoms with Gasteiger partial charge in [-0.3, -0.25) is 4.79 Å². The van der Waals surface area contributed by atoms with Gasteiger partial charge < -0.3 is 14.5 Å². The van der Waals surface area contributed by atoms with Crippen LogP contribution in [0.2, 0.25) is 0 Å². The minimum Gasteiger partial charge on any atom is -0.471 e. The zero-order valence-electron chi connectivity index (χ0n) is 14.4. The van der Waals surface area contributed by atoms with E-state index >= 15 is 0 Å². The van der Waals surface area contributed by atoms with Crippen LogP contribution in [0.15, 0.2) is 40.9 Å². The Balaban J connectivity index is 1.63. The van der Waals surface area contributed by atoms with Crippen molar-refractivity contribution in [1.29, 1.82) is 0 Å². The Morgan fingerprint density at radius 1 is 1.28 bits per heavy atom. The summed E-state index contributed by atoms with van der Waals surface area (Å²) < 4.78 is 6.84. The first kappa shape index (κ1) is 17.7. The number of likely N-dealkylation sites (tertiary alicyclic amines) is 1. The van der Waals surface area contributed by atoms with E-state index in [1.807, 2.05) is 60.3 Å². The van der Waals surface area contributed by atoms with E-state index < -0.39 is 0 Å². The number of carbonyl (C=O) groups excluding carboxylic acids is 1. The molecule has 1 amide bonds. The molecule has 1 aromatic heterocycles. The number of hydrogen-bond donors (Lipinski definition) is 0. The van der Waals surface area contributed by atoms with Crippen molar-refractivity contribution in [3.8, 4) is 5.88 Å². The van der Waals surface area contributed by atoms with Crippen LogP contribution in [0.5, 0.6) is 5.88 Å². The third kappa shape index (κ3) is 4.48. The van der Waals surface area contributed by atoms with Gasteiger partial charge in [0, 0.05) is 36.7 Å². The number of nitrogens with zero attached hydrogens (tertiary/aromatic N) is 4. The third-order valence-electron chi connectivity index (χ3n) is 4.11. The second kappa shape index (κ2) is 7.82. The van der Waals surface area contributed by atoms with Crippen LogP contribution in [0.1, 0.15) is 23.2 Å². The van der Waals surface area contributed by atoms with Crippen LogP contribution in [0.25, 0.3) is 0 Å². The Kier molecular flexibility index (Phi) is 5.53. The van der Waals surface area contributed by atoms with Gasteiger partial charge >= 0.3 is 0 Å². The quantitative estimate of drug-likeness (QED) is 0.783. The molecule has 0 aliphatic carbocycles. The molecule has 3 rings (SSSR count). The van der Waals surface area contributed by atoms with E-state index in [9.17, 15) is 4.79 Å².